The van der Waals surface area contributed by atoms with Crippen LogP contribution in [0, 0.1) is 11.2 Å². The van der Waals surface area contributed by atoms with Crippen molar-refractivity contribution in [3.05, 3.63) is 24.1 Å². The standard InChI is InChI=1S/C17H27FN4O2/c1-17(2,3)9-13(11-23)21-16(24)20-12-6-8-22(10-12)15-14(18)5-4-7-19-15/h4-5,7,12-13,23H,6,8-11H2,1-3H3,(H2,20,21,24). The Labute approximate surface area is 142 Å². The molecule has 2 unspecified atom stereocenters. The molecule has 1 saturated heterocycles. The Balaban J connectivity index is 1.84. The summed E-state index contributed by atoms with van der Waals surface area (Å²) in [5.41, 5.74) is 0.0152. The average molecular weight is 338 g/mol. The molecule has 3 N–H and O–H groups in total. The van der Waals surface area contributed by atoms with E-state index in [0.717, 1.165) is 6.42 Å². The number of rotatable bonds is 5. The molecule has 2 rings (SSSR count). The highest BCUT2D eigenvalue weighted by atomic mass is 19.1. The Morgan fingerprint density at radius 3 is 2.92 bits per heavy atom. The maximum absolute atomic E-state index is 13.8. The van der Waals surface area contributed by atoms with Gasteiger partial charge in [0.1, 0.15) is 0 Å². The fraction of sp³-hybridized carbons (Fsp3) is 0.647. The molecule has 0 aliphatic carbocycles. The van der Waals surface area contributed by atoms with E-state index in [1.54, 1.807) is 12.3 Å². The van der Waals surface area contributed by atoms with Gasteiger partial charge in [-0.1, -0.05) is 20.8 Å². The van der Waals surface area contributed by atoms with Crippen LogP contribution in [0.4, 0.5) is 15.0 Å². The molecule has 2 amide bonds. The number of aliphatic hydroxyl groups is 1. The van der Waals surface area contributed by atoms with Crippen molar-refractivity contribution < 1.29 is 14.3 Å². The quantitative estimate of drug-likeness (QED) is 0.766. The van der Waals surface area contributed by atoms with Gasteiger partial charge in [-0.15, -0.1) is 0 Å². The number of urea groups is 1. The van der Waals surface area contributed by atoms with Gasteiger partial charge in [-0.3, -0.25) is 0 Å². The number of nitrogens with zero attached hydrogens (tertiary/aromatic N) is 2. The monoisotopic (exact) mass is 338 g/mol. The van der Waals surface area contributed by atoms with Crippen LogP contribution in [0.1, 0.15) is 33.6 Å². The third-order valence-electron chi connectivity index (χ3n) is 3.98. The predicted octanol–water partition coefficient (Wildman–Crippen LogP) is 1.90. The highest BCUT2D eigenvalue weighted by Crippen LogP contribution is 2.22. The van der Waals surface area contributed by atoms with Crippen molar-refractivity contribution in [3.63, 3.8) is 0 Å². The largest absolute Gasteiger partial charge is 0.394 e. The number of carbonyl (C=O) groups excluding carboxylic acids is 1. The lowest BCUT2D eigenvalue weighted by molar-refractivity contribution is 0.189. The zero-order valence-corrected chi connectivity index (χ0v) is 14.6. The number of hydrogen-bond donors (Lipinski definition) is 3. The molecule has 0 saturated carbocycles. The van der Waals surface area contributed by atoms with E-state index in [1.807, 2.05) is 4.90 Å². The Morgan fingerprint density at radius 2 is 2.29 bits per heavy atom. The first-order valence-corrected chi connectivity index (χ1v) is 8.32. The molecule has 1 aromatic heterocycles. The minimum atomic E-state index is -0.354. The van der Waals surface area contributed by atoms with E-state index in [1.165, 1.54) is 6.07 Å². The smallest absolute Gasteiger partial charge is 0.315 e. The number of aromatic nitrogens is 1. The first kappa shape index (κ1) is 18.4. The summed E-state index contributed by atoms with van der Waals surface area (Å²) in [4.78, 5) is 18.0. The minimum absolute atomic E-state index is 0.0152. The second-order valence-electron chi connectivity index (χ2n) is 7.50. The second-order valence-corrected chi connectivity index (χ2v) is 7.50. The molecule has 0 bridgehead atoms. The molecule has 2 heterocycles. The normalized spacial score (nSPS) is 19.2. The van der Waals surface area contributed by atoms with Crippen LogP contribution in [-0.2, 0) is 0 Å². The number of anilines is 1. The van der Waals surface area contributed by atoms with Crippen molar-refractivity contribution in [3.8, 4) is 0 Å². The highest BCUT2D eigenvalue weighted by molar-refractivity contribution is 5.74. The fourth-order valence-corrected chi connectivity index (χ4v) is 2.99. The van der Waals surface area contributed by atoms with Gasteiger partial charge in [0.15, 0.2) is 11.6 Å². The van der Waals surface area contributed by atoms with Gasteiger partial charge >= 0.3 is 6.03 Å². The van der Waals surface area contributed by atoms with Crippen LogP contribution in [-0.4, -0.2) is 47.9 Å². The first-order chi connectivity index (χ1) is 11.3. The molecule has 134 valence electrons. The number of amides is 2. The number of pyridine rings is 1. The number of carbonyl (C=O) groups is 1. The Morgan fingerprint density at radius 1 is 1.54 bits per heavy atom. The zero-order valence-electron chi connectivity index (χ0n) is 14.6. The van der Waals surface area contributed by atoms with Crippen molar-refractivity contribution >= 4 is 11.8 Å². The summed E-state index contributed by atoms with van der Waals surface area (Å²) in [6, 6.07) is 2.29. The van der Waals surface area contributed by atoms with Crippen molar-refractivity contribution in [1.29, 1.82) is 0 Å². The molecule has 24 heavy (non-hydrogen) atoms. The number of nitrogens with one attached hydrogen (secondary N) is 2. The van der Waals surface area contributed by atoms with Crippen molar-refractivity contribution in [1.82, 2.24) is 15.6 Å². The van der Waals surface area contributed by atoms with Crippen LogP contribution in [0.15, 0.2) is 18.3 Å². The number of hydrogen-bond acceptors (Lipinski definition) is 4. The van der Waals surface area contributed by atoms with E-state index in [0.29, 0.717) is 25.3 Å². The van der Waals surface area contributed by atoms with Gasteiger partial charge in [0.2, 0.25) is 0 Å². The Hall–Kier alpha value is -1.89. The summed E-state index contributed by atoms with van der Waals surface area (Å²) >= 11 is 0. The molecular weight excluding hydrogens is 311 g/mol. The van der Waals surface area contributed by atoms with Gasteiger partial charge < -0.3 is 20.6 Å². The first-order valence-electron chi connectivity index (χ1n) is 8.32. The maximum atomic E-state index is 13.8. The molecule has 0 aromatic carbocycles. The Bertz CT molecular complexity index is 562. The third kappa shape index (κ3) is 5.33. The highest BCUT2D eigenvalue weighted by Gasteiger charge is 2.27. The lowest BCUT2D eigenvalue weighted by atomic mass is 9.88. The molecule has 0 spiro atoms. The fourth-order valence-electron chi connectivity index (χ4n) is 2.99. The summed E-state index contributed by atoms with van der Waals surface area (Å²) in [6.07, 6.45) is 2.98. The number of halogens is 1. The minimum Gasteiger partial charge on any atom is -0.394 e. The van der Waals surface area contributed by atoms with Gasteiger partial charge in [0.05, 0.1) is 12.6 Å². The molecule has 6 nitrogen and oxygen atoms in total. The summed E-state index contributed by atoms with van der Waals surface area (Å²) in [7, 11) is 0. The van der Waals surface area contributed by atoms with Gasteiger partial charge in [-0.2, -0.15) is 0 Å². The molecule has 0 radical (unpaired) electrons. The zero-order chi connectivity index (χ0) is 17.7. The van der Waals surface area contributed by atoms with Crippen LogP contribution < -0.4 is 15.5 Å². The van der Waals surface area contributed by atoms with Crippen LogP contribution in [0.25, 0.3) is 0 Å². The summed E-state index contributed by atoms with van der Waals surface area (Å²) < 4.78 is 13.8. The second kappa shape index (κ2) is 7.79. The van der Waals surface area contributed by atoms with Crippen molar-refractivity contribution in [2.75, 3.05) is 24.6 Å². The van der Waals surface area contributed by atoms with Crippen molar-refractivity contribution in [2.45, 2.75) is 45.7 Å². The van der Waals surface area contributed by atoms with E-state index in [-0.39, 0.29) is 36.0 Å². The van der Waals surface area contributed by atoms with Crippen LogP contribution in [0.5, 0.6) is 0 Å². The van der Waals surface area contributed by atoms with Crippen LogP contribution in [0.2, 0.25) is 0 Å². The summed E-state index contributed by atoms with van der Waals surface area (Å²) in [5.74, 6) is -0.0312. The van der Waals surface area contributed by atoms with E-state index >= 15 is 0 Å². The number of aliphatic hydroxyl groups excluding tert-OH is 1. The maximum Gasteiger partial charge on any atom is 0.315 e. The van der Waals surface area contributed by atoms with Crippen molar-refractivity contribution in [2.24, 2.45) is 5.41 Å². The molecule has 7 heteroatoms. The van der Waals surface area contributed by atoms with E-state index in [2.05, 4.69) is 36.4 Å². The molecule has 1 aliphatic rings. The topological polar surface area (TPSA) is 77.5 Å². The molecular formula is C17H27FN4O2. The predicted molar refractivity (Wildman–Crippen MR) is 91.4 cm³/mol. The van der Waals surface area contributed by atoms with Crippen LogP contribution in [0.3, 0.4) is 0 Å². The van der Waals surface area contributed by atoms with Gasteiger partial charge in [-0.25, -0.2) is 14.2 Å². The van der Waals surface area contributed by atoms with Crippen LogP contribution >= 0.6 is 0 Å². The molecule has 1 aliphatic heterocycles. The lowest BCUT2D eigenvalue weighted by Gasteiger charge is -2.26. The molecule has 1 fully saturated rings. The Kier molecular flexibility index (Phi) is 5.99. The lowest BCUT2D eigenvalue weighted by Crippen LogP contribution is -2.49. The third-order valence-corrected chi connectivity index (χ3v) is 3.98. The summed E-state index contributed by atoms with van der Waals surface area (Å²) in [6.45, 7) is 7.25. The van der Waals surface area contributed by atoms with E-state index in [9.17, 15) is 14.3 Å². The van der Waals surface area contributed by atoms with Gasteiger partial charge in [0.25, 0.3) is 0 Å². The van der Waals surface area contributed by atoms with E-state index in [4.69, 9.17) is 0 Å². The molecule has 1 aromatic rings. The summed E-state index contributed by atoms with van der Waals surface area (Å²) in [5, 5.41) is 15.1. The average Bonchev–Trinajstić information content (AvgIpc) is 2.93. The molecule has 2 atom stereocenters. The van der Waals surface area contributed by atoms with E-state index < -0.39 is 0 Å². The van der Waals surface area contributed by atoms with Gasteiger partial charge in [0, 0.05) is 25.3 Å². The SMILES string of the molecule is CC(C)(C)CC(CO)NC(=O)NC1CCN(c2ncccc2F)C1. The van der Waals surface area contributed by atoms with Gasteiger partial charge in [-0.05, 0) is 30.4 Å².